The first-order valence-corrected chi connectivity index (χ1v) is 12.4. The second kappa shape index (κ2) is 7.28. The predicted octanol–water partition coefficient (Wildman–Crippen LogP) is 4.93. The first kappa shape index (κ1) is 20.9. The average molecular weight is 427 g/mol. The Balaban J connectivity index is 1.49. The highest BCUT2D eigenvalue weighted by Gasteiger charge is 2.64. The summed E-state index contributed by atoms with van der Waals surface area (Å²) in [4.78, 5) is 3.78. The van der Waals surface area contributed by atoms with Crippen LogP contribution in [0.4, 0.5) is 0 Å². The molecule has 1 heterocycles. The van der Waals surface area contributed by atoms with Gasteiger partial charge in [0.15, 0.2) is 0 Å². The number of nitrogens with two attached hydrogens (primary N) is 1. The lowest BCUT2D eigenvalue weighted by atomic mass is 9.42. The van der Waals surface area contributed by atoms with Gasteiger partial charge in [0.1, 0.15) is 0 Å². The summed E-state index contributed by atoms with van der Waals surface area (Å²) >= 11 is 6.35. The molecule has 30 heavy (non-hydrogen) atoms. The van der Waals surface area contributed by atoms with Crippen LogP contribution in [0.5, 0.6) is 0 Å². The normalized spacial score (nSPS) is 41.8. The molecule has 3 nitrogen and oxygen atoms in total. The maximum Gasteiger partial charge on any atom is 0.0842 e. The molecule has 4 bridgehead atoms. The number of benzene rings is 1. The monoisotopic (exact) mass is 426 g/mol. The van der Waals surface area contributed by atoms with Crippen molar-refractivity contribution in [1.29, 1.82) is 0 Å². The zero-order valence-corrected chi connectivity index (χ0v) is 19.7. The Morgan fingerprint density at radius 1 is 1.13 bits per heavy atom. The van der Waals surface area contributed by atoms with Crippen LogP contribution in [0.3, 0.4) is 0 Å². The lowest BCUT2D eigenvalue weighted by molar-refractivity contribution is -0.150. The van der Waals surface area contributed by atoms with Gasteiger partial charge in [0, 0.05) is 31.2 Å². The first-order valence-electron chi connectivity index (χ1n) is 12.0. The molecule has 0 radical (unpaired) electrons. The minimum atomic E-state index is 0.121. The molecule has 3 atom stereocenters. The van der Waals surface area contributed by atoms with Crippen LogP contribution in [-0.2, 0) is 10.2 Å². The topological polar surface area (TPSA) is 38.5 Å². The van der Waals surface area contributed by atoms with Crippen molar-refractivity contribution in [2.24, 2.45) is 28.4 Å². The molecule has 5 aliphatic rings. The molecule has 2 unspecified atom stereocenters. The van der Waals surface area contributed by atoms with Gasteiger partial charge in [-0.3, -0.25) is 0 Å². The summed E-state index contributed by atoms with van der Waals surface area (Å²) in [5, 5.41) is 0. The molecule has 1 aliphatic heterocycles. The van der Waals surface area contributed by atoms with Crippen LogP contribution in [-0.4, -0.2) is 41.7 Å². The molecule has 164 valence electrons. The fraction of sp³-hybridized carbons (Fsp3) is 0.731. The molecule has 4 heteroatoms. The summed E-state index contributed by atoms with van der Waals surface area (Å²) in [5.74, 6) is 1.26. The van der Waals surface area contributed by atoms with Gasteiger partial charge in [0.05, 0.1) is 11.1 Å². The largest absolute Gasteiger partial charge is 0.378 e. The smallest absolute Gasteiger partial charge is 0.0842 e. The van der Waals surface area contributed by atoms with Crippen molar-refractivity contribution in [3.8, 4) is 0 Å². The zero-order valence-electron chi connectivity index (χ0n) is 18.9. The van der Waals surface area contributed by atoms with Gasteiger partial charge in [-0.25, -0.2) is 0 Å². The molecule has 4 saturated carbocycles. The standard InChI is InChI=1S/C26H38N2OS/c1-4-29-22-18-12-25(20-8-6-5-7-9-20)13-19(22)15-26(14-18,16-25)23(30)28-11-10-21(27)24(2,3)17-28/h5-9,18-19,21-22H,4,10-17,27H2,1-3H3/t18?,19?,21-,22?,25?,26?/m0/s1. The number of hydrogen-bond acceptors (Lipinski definition) is 3. The van der Waals surface area contributed by atoms with Crippen molar-refractivity contribution in [1.82, 2.24) is 4.90 Å². The third-order valence-electron chi connectivity index (χ3n) is 9.02. The Bertz CT molecular complexity index is 791. The molecule has 1 aromatic rings. The SMILES string of the molecule is CCOC1C2CC3(C(=S)N4CC[C@H](N)C(C)(C)C4)CC1CC(c1ccccc1)(C2)C3. The van der Waals surface area contributed by atoms with Crippen LogP contribution in [0, 0.1) is 22.7 Å². The summed E-state index contributed by atoms with van der Waals surface area (Å²) in [6.07, 6.45) is 7.64. The minimum Gasteiger partial charge on any atom is -0.378 e. The van der Waals surface area contributed by atoms with E-state index in [4.69, 9.17) is 22.7 Å². The van der Waals surface area contributed by atoms with Gasteiger partial charge in [-0.2, -0.15) is 0 Å². The van der Waals surface area contributed by atoms with Crippen molar-refractivity contribution >= 4 is 17.2 Å². The molecule has 4 aliphatic carbocycles. The second-order valence-electron chi connectivity index (χ2n) is 11.5. The van der Waals surface area contributed by atoms with E-state index in [0.29, 0.717) is 17.9 Å². The van der Waals surface area contributed by atoms with Gasteiger partial charge >= 0.3 is 0 Å². The summed E-state index contributed by atoms with van der Waals surface area (Å²) in [6, 6.07) is 11.6. The Morgan fingerprint density at radius 2 is 1.80 bits per heavy atom. The molecule has 2 N–H and O–H groups in total. The van der Waals surface area contributed by atoms with Crippen LogP contribution >= 0.6 is 12.2 Å². The first-order chi connectivity index (χ1) is 14.3. The van der Waals surface area contributed by atoms with Crippen molar-refractivity contribution in [2.75, 3.05) is 19.7 Å². The summed E-state index contributed by atoms with van der Waals surface area (Å²) < 4.78 is 6.34. The molecule has 6 rings (SSSR count). The van der Waals surface area contributed by atoms with E-state index >= 15 is 0 Å². The fourth-order valence-corrected chi connectivity index (χ4v) is 8.23. The third-order valence-corrected chi connectivity index (χ3v) is 9.71. The van der Waals surface area contributed by atoms with E-state index in [1.165, 1.54) is 42.7 Å². The predicted molar refractivity (Wildman–Crippen MR) is 127 cm³/mol. The number of rotatable bonds is 4. The fourth-order valence-electron chi connectivity index (χ4n) is 7.83. The molecule has 0 aromatic heterocycles. The molecular weight excluding hydrogens is 388 g/mol. The Labute approximate surface area is 187 Å². The number of piperidine rings is 1. The highest BCUT2D eigenvalue weighted by Crippen LogP contribution is 2.67. The third kappa shape index (κ3) is 3.17. The molecular formula is C26H38N2OS. The highest BCUT2D eigenvalue weighted by atomic mass is 32.1. The summed E-state index contributed by atoms with van der Waals surface area (Å²) in [6.45, 7) is 9.61. The number of ether oxygens (including phenoxy) is 1. The van der Waals surface area contributed by atoms with E-state index in [9.17, 15) is 0 Å². The molecule has 0 spiro atoms. The van der Waals surface area contributed by atoms with Gasteiger partial charge in [-0.1, -0.05) is 56.4 Å². The van der Waals surface area contributed by atoms with E-state index in [2.05, 4.69) is 56.0 Å². The van der Waals surface area contributed by atoms with Crippen molar-refractivity contribution in [3.63, 3.8) is 0 Å². The maximum absolute atomic E-state index is 6.44. The quantitative estimate of drug-likeness (QED) is 0.693. The van der Waals surface area contributed by atoms with Gasteiger partial charge in [0.2, 0.25) is 0 Å². The van der Waals surface area contributed by atoms with Gasteiger partial charge in [-0.05, 0) is 73.7 Å². The lowest BCUT2D eigenvalue weighted by Gasteiger charge is -2.65. The van der Waals surface area contributed by atoms with Crippen molar-refractivity contribution in [2.45, 2.75) is 76.9 Å². The van der Waals surface area contributed by atoms with Crippen LogP contribution < -0.4 is 5.73 Å². The maximum atomic E-state index is 6.44. The number of nitrogens with zero attached hydrogens (tertiary/aromatic N) is 1. The van der Waals surface area contributed by atoms with Crippen LogP contribution in [0.15, 0.2) is 30.3 Å². The van der Waals surface area contributed by atoms with E-state index in [0.717, 1.165) is 26.1 Å². The summed E-state index contributed by atoms with van der Waals surface area (Å²) in [7, 11) is 0. The van der Waals surface area contributed by atoms with E-state index in [1.807, 2.05) is 0 Å². The average Bonchev–Trinajstić information content (AvgIpc) is 2.72. The van der Waals surface area contributed by atoms with Gasteiger partial charge < -0.3 is 15.4 Å². The van der Waals surface area contributed by atoms with Crippen LogP contribution in [0.2, 0.25) is 0 Å². The van der Waals surface area contributed by atoms with Crippen LogP contribution in [0.1, 0.15) is 64.9 Å². The molecule has 5 fully saturated rings. The molecule has 0 amide bonds. The lowest BCUT2D eigenvalue weighted by Crippen LogP contribution is -2.65. The number of hydrogen-bond donors (Lipinski definition) is 1. The Hall–Kier alpha value is -0.970. The number of likely N-dealkylation sites (tertiary alicyclic amines) is 1. The summed E-state index contributed by atoms with van der Waals surface area (Å²) in [5.41, 5.74) is 8.52. The highest BCUT2D eigenvalue weighted by molar-refractivity contribution is 7.80. The second-order valence-corrected chi connectivity index (χ2v) is 11.9. The van der Waals surface area contributed by atoms with Gasteiger partial charge in [-0.15, -0.1) is 0 Å². The van der Waals surface area contributed by atoms with E-state index in [1.54, 1.807) is 0 Å². The Kier molecular flexibility index (Phi) is 5.07. The van der Waals surface area contributed by atoms with Crippen molar-refractivity contribution < 1.29 is 4.74 Å². The Morgan fingerprint density at radius 3 is 2.40 bits per heavy atom. The zero-order chi connectivity index (χ0) is 21.1. The van der Waals surface area contributed by atoms with Gasteiger partial charge in [0.25, 0.3) is 0 Å². The van der Waals surface area contributed by atoms with E-state index < -0.39 is 0 Å². The molecule has 1 aromatic carbocycles. The van der Waals surface area contributed by atoms with Crippen molar-refractivity contribution in [3.05, 3.63) is 35.9 Å². The van der Waals surface area contributed by atoms with Crippen LogP contribution in [0.25, 0.3) is 0 Å². The molecule has 1 saturated heterocycles. The van der Waals surface area contributed by atoms with E-state index in [-0.39, 0.29) is 22.3 Å². The minimum absolute atomic E-state index is 0.121. The number of thiocarbonyl (C=S) groups is 1.